The van der Waals surface area contributed by atoms with Gasteiger partial charge in [0.2, 0.25) is 10.0 Å². The van der Waals surface area contributed by atoms with E-state index in [1.807, 2.05) is 31.2 Å². The average Bonchev–Trinajstić information content (AvgIpc) is 2.48. The predicted molar refractivity (Wildman–Crippen MR) is 84.8 cm³/mol. The van der Waals surface area contributed by atoms with Crippen molar-refractivity contribution in [2.24, 2.45) is 0 Å². The molecule has 1 heterocycles. The first kappa shape index (κ1) is 16.7. The number of piperidine rings is 1. The number of halogens is 1. The van der Waals surface area contributed by atoms with Gasteiger partial charge in [-0.05, 0) is 30.9 Å². The topological polar surface area (TPSA) is 46.6 Å². The molecule has 6 heteroatoms. The summed E-state index contributed by atoms with van der Waals surface area (Å²) in [5.74, 6) is 0.435. The molecule has 0 spiro atoms. The third kappa shape index (κ3) is 4.68. The fourth-order valence-electron chi connectivity index (χ4n) is 2.62. The third-order valence-electron chi connectivity index (χ3n) is 3.69. The number of rotatable bonds is 6. The molecule has 1 aromatic carbocycles. The number of alkyl halides is 1. The fourth-order valence-corrected chi connectivity index (χ4v) is 4.33. The van der Waals surface area contributed by atoms with Crippen LogP contribution in [-0.2, 0) is 26.4 Å². The van der Waals surface area contributed by atoms with E-state index in [0.717, 1.165) is 24.0 Å². The molecule has 0 amide bonds. The lowest BCUT2D eigenvalue weighted by Crippen LogP contribution is -2.41. The van der Waals surface area contributed by atoms with Gasteiger partial charge in [0.15, 0.2) is 0 Å². The van der Waals surface area contributed by atoms with Gasteiger partial charge in [-0.25, -0.2) is 12.7 Å². The van der Waals surface area contributed by atoms with Crippen molar-refractivity contribution >= 4 is 21.6 Å². The van der Waals surface area contributed by atoms with Crippen molar-refractivity contribution in [1.82, 2.24) is 4.31 Å². The number of sulfonamides is 1. The second-order valence-electron chi connectivity index (χ2n) is 5.26. The van der Waals surface area contributed by atoms with Crippen LogP contribution in [0.25, 0.3) is 0 Å². The molecule has 1 fully saturated rings. The molecule has 4 nitrogen and oxygen atoms in total. The minimum absolute atomic E-state index is 0.0387. The zero-order chi connectivity index (χ0) is 15.3. The molecule has 0 aliphatic carbocycles. The normalized spacial score (nSPS) is 18.0. The lowest BCUT2D eigenvalue weighted by atomic mass is 10.1. The largest absolute Gasteiger partial charge is 0.378 e. The first-order chi connectivity index (χ1) is 10.0. The SMILES string of the molecule is CCOC1CCN(S(=O)(=O)Cc2cccc(CCl)c2)CC1. The number of hydrogen-bond donors (Lipinski definition) is 0. The highest BCUT2D eigenvalue weighted by atomic mass is 35.5. The molecule has 0 N–H and O–H groups in total. The second-order valence-corrected chi connectivity index (χ2v) is 7.50. The second kappa shape index (κ2) is 7.58. The molecule has 1 saturated heterocycles. The zero-order valence-corrected chi connectivity index (χ0v) is 13.9. The van der Waals surface area contributed by atoms with E-state index in [4.69, 9.17) is 16.3 Å². The number of hydrogen-bond acceptors (Lipinski definition) is 3. The van der Waals surface area contributed by atoms with E-state index < -0.39 is 10.0 Å². The molecule has 1 aliphatic heterocycles. The van der Waals surface area contributed by atoms with E-state index in [-0.39, 0.29) is 11.9 Å². The summed E-state index contributed by atoms with van der Waals surface area (Å²) >= 11 is 5.79. The maximum absolute atomic E-state index is 12.5. The van der Waals surface area contributed by atoms with Crippen LogP contribution in [0.1, 0.15) is 30.9 Å². The summed E-state index contributed by atoms with van der Waals surface area (Å²) in [6.45, 7) is 3.74. The minimum atomic E-state index is -3.27. The summed E-state index contributed by atoms with van der Waals surface area (Å²) in [5, 5.41) is 0. The van der Waals surface area contributed by atoms with E-state index in [2.05, 4.69) is 0 Å². The summed E-state index contributed by atoms with van der Waals surface area (Å²) < 4.78 is 32.1. The lowest BCUT2D eigenvalue weighted by molar-refractivity contribution is 0.0290. The van der Waals surface area contributed by atoms with Crippen LogP contribution in [0, 0.1) is 0 Å². The minimum Gasteiger partial charge on any atom is -0.378 e. The maximum atomic E-state index is 12.5. The van der Waals surface area contributed by atoms with Crippen LogP contribution in [0.3, 0.4) is 0 Å². The quantitative estimate of drug-likeness (QED) is 0.753. The highest BCUT2D eigenvalue weighted by Crippen LogP contribution is 2.20. The van der Waals surface area contributed by atoms with E-state index in [1.165, 1.54) is 0 Å². The van der Waals surface area contributed by atoms with Crippen molar-refractivity contribution in [3.8, 4) is 0 Å². The Bertz CT molecular complexity index is 554. The average molecular weight is 332 g/mol. The Labute approximate surface area is 132 Å². The Balaban J connectivity index is 1.99. The molecule has 0 atom stereocenters. The van der Waals surface area contributed by atoms with Crippen LogP contribution < -0.4 is 0 Å². The van der Waals surface area contributed by atoms with Crippen LogP contribution >= 0.6 is 11.6 Å². The molecule has 21 heavy (non-hydrogen) atoms. The van der Waals surface area contributed by atoms with Crippen LogP contribution in [0.5, 0.6) is 0 Å². The fraction of sp³-hybridized carbons (Fsp3) is 0.600. The highest BCUT2D eigenvalue weighted by Gasteiger charge is 2.28. The maximum Gasteiger partial charge on any atom is 0.218 e. The molecule has 0 radical (unpaired) electrons. The van der Waals surface area contributed by atoms with Crippen molar-refractivity contribution in [2.45, 2.75) is 37.5 Å². The summed E-state index contributed by atoms with van der Waals surface area (Å²) in [7, 11) is -3.27. The van der Waals surface area contributed by atoms with Crippen molar-refractivity contribution in [2.75, 3.05) is 19.7 Å². The number of nitrogens with zero attached hydrogens (tertiary/aromatic N) is 1. The number of benzene rings is 1. The number of ether oxygens (including phenoxy) is 1. The first-order valence-electron chi connectivity index (χ1n) is 7.28. The predicted octanol–water partition coefficient (Wildman–Crippen LogP) is 2.76. The molecule has 2 rings (SSSR count). The highest BCUT2D eigenvalue weighted by molar-refractivity contribution is 7.88. The lowest BCUT2D eigenvalue weighted by Gasteiger charge is -2.31. The summed E-state index contributed by atoms with van der Waals surface area (Å²) in [4.78, 5) is 0. The molecule has 0 saturated carbocycles. The molecular weight excluding hydrogens is 310 g/mol. The third-order valence-corrected chi connectivity index (χ3v) is 5.85. The summed E-state index contributed by atoms with van der Waals surface area (Å²) in [5.41, 5.74) is 1.74. The Hall–Kier alpha value is -0.620. The van der Waals surface area contributed by atoms with E-state index in [9.17, 15) is 8.42 Å². The first-order valence-corrected chi connectivity index (χ1v) is 9.42. The Kier molecular flexibility index (Phi) is 6.05. The molecule has 0 aromatic heterocycles. The van der Waals surface area contributed by atoms with Crippen LogP contribution in [0.15, 0.2) is 24.3 Å². The Morgan fingerprint density at radius 1 is 1.29 bits per heavy atom. The smallest absolute Gasteiger partial charge is 0.218 e. The molecule has 118 valence electrons. The Morgan fingerprint density at radius 2 is 1.95 bits per heavy atom. The van der Waals surface area contributed by atoms with Crippen molar-refractivity contribution in [3.63, 3.8) is 0 Å². The van der Waals surface area contributed by atoms with Gasteiger partial charge >= 0.3 is 0 Å². The van der Waals surface area contributed by atoms with Gasteiger partial charge in [-0.3, -0.25) is 0 Å². The van der Waals surface area contributed by atoms with Gasteiger partial charge in [0, 0.05) is 25.6 Å². The molecule has 0 unspecified atom stereocenters. The van der Waals surface area contributed by atoms with Crippen LogP contribution in [0.2, 0.25) is 0 Å². The van der Waals surface area contributed by atoms with Crippen molar-refractivity contribution in [3.05, 3.63) is 35.4 Å². The van der Waals surface area contributed by atoms with Crippen molar-refractivity contribution < 1.29 is 13.2 Å². The molecule has 1 aromatic rings. The zero-order valence-electron chi connectivity index (χ0n) is 12.3. The molecule has 0 bridgehead atoms. The van der Waals surface area contributed by atoms with Crippen LogP contribution in [0.4, 0.5) is 0 Å². The van der Waals surface area contributed by atoms with Gasteiger partial charge in [-0.15, -0.1) is 11.6 Å². The van der Waals surface area contributed by atoms with E-state index >= 15 is 0 Å². The van der Waals surface area contributed by atoms with E-state index in [1.54, 1.807) is 4.31 Å². The van der Waals surface area contributed by atoms with Gasteiger partial charge in [-0.2, -0.15) is 0 Å². The van der Waals surface area contributed by atoms with Gasteiger partial charge in [0.1, 0.15) is 0 Å². The monoisotopic (exact) mass is 331 g/mol. The summed E-state index contributed by atoms with van der Waals surface area (Å²) in [6, 6.07) is 7.44. The van der Waals surface area contributed by atoms with E-state index in [0.29, 0.717) is 25.6 Å². The van der Waals surface area contributed by atoms with Gasteiger partial charge in [0.05, 0.1) is 11.9 Å². The van der Waals surface area contributed by atoms with Crippen molar-refractivity contribution in [1.29, 1.82) is 0 Å². The standard InChI is InChI=1S/C15H22ClNO3S/c1-2-20-15-6-8-17(9-7-15)21(18,19)12-14-5-3-4-13(10-14)11-16/h3-5,10,15H,2,6-9,11-12H2,1H3. The Morgan fingerprint density at radius 3 is 2.57 bits per heavy atom. The summed E-state index contributed by atoms with van der Waals surface area (Å²) in [6.07, 6.45) is 1.74. The van der Waals surface area contributed by atoms with Crippen LogP contribution in [-0.4, -0.2) is 38.5 Å². The molecule has 1 aliphatic rings. The van der Waals surface area contributed by atoms with Gasteiger partial charge < -0.3 is 4.74 Å². The van der Waals surface area contributed by atoms with Gasteiger partial charge in [-0.1, -0.05) is 24.3 Å². The molecular formula is C15H22ClNO3S. The van der Waals surface area contributed by atoms with Gasteiger partial charge in [0.25, 0.3) is 0 Å².